The van der Waals surface area contributed by atoms with Gasteiger partial charge in [-0.25, -0.2) is 4.79 Å². The highest BCUT2D eigenvalue weighted by Crippen LogP contribution is 2.39. The van der Waals surface area contributed by atoms with Gasteiger partial charge in [0.15, 0.2) is 0 Å². The largest absolute Gasteiger partial charge is 0.480 e. The van der Waals surface area contributed by atoms with E-state index < -0.39 is 17.4 Å². The second-order valence-corrected chi connectivity index (χ2v) is 5.81. The van der Waals surface area contributed by atoms with Gasteiger partial charge in [-0.3, -0.25) is 9.48 Å². The molecule has 6 nitrogen and oxygen atoms in total. The second kappa shape index (κ2) is 5.35. The smallest absolute Gasteiger partial charge is 0.329 e. The first-order valence-corrected chi connectivity index (χ1v) is 6.99. The van der Waals surface area contributed by atoms with E-state index in [1.54, 1.807) is 17.7 Å². The fourth-order valence-corrected chi connectivity index (χ4v) is 2.48. The molecule has 0 aliphatic heterocycles. The number of nitrogens with zero attached hydrogens (tertiary/aromatic N) is 2. The Hall–Kier alpha value is -2.11. The highest BCUT2D eigenvalue weighted by molar-refractivity contribution is 5.96. The number of carboxylic acids is 1. The molecule has 0 bridgehead atoms. The Morgan fingerprint density at radius 2 is 2.05 bits per heavy atom. The normalized spacial score (nSPS) is 17.7. The van der Waals surface area contributed by atoms with E-state index in [9.17, 15) is 14.7 Å². The first kappa shape index (κ1) is 15.3. The van der Waals surface area contributed by atoms with Crippen LogP contribution >= 0.6 is 0 Å². The molecular weight excluding hydrogens is 270 g/mol. The highest BCUT2D eigenvalue weighted by Gasteiger charge is 2.48. The Kier molecular flexibility index (Phi) is 3.89. The van der Waals surface area contributed by atoms with Crippen molar-refractivity contribution in [3.8, 4) is 0 Å². The van der Waals surface area contributed by atoms with E-state index in [0.29, 0.717) is 0 Å². The van der Waals surface area contributed by atoms with E-state index >= 15 is 0 Å². The summed E-state index contributed by atoms with van der Waals surface area (Å²) in [6.07, 6.45) is 4.74. The molecule has 1 saturated carbocycles. The number of carbonyl (C=O) groups is 2. The van der Waals surface area contributed by atoms with E-state index in [1.165, 1.54) is 6.08 Å². The van der Waals surface area contributed by atoms with Crippen LogP contribution < -0.4 is 5.32 Å². The Balaban J connectivity index is 2.11. The molecule has 2 N–H and O–H groups in total. The molecule has 1 amide bonds. The van der Waals surface area contributed by atoms with Crippen LogP contribution in [0.3, 0.4) is 0 Å². The average molecular weight is 291 g/mol. The predicted octanol–water partition coefficient (Wildman–Crippen LogP) is 1.42. The third-order valence-electron chi connectivity index (χ3n) is 4.19. The molecule has 1 aromatic rings. The molecule has 1 fully saturated rings. The van der Waals surface area contributed by atoms with E-state index in [-0.39, 0.29) is 5.92 Å². The molecule has 1 atom stereocenters. The number of amides is 1. The van der Waals surface area contributed by atoms with E-state index in [4.69, 9.17) is 0 Å². The fraction of sp³-hybridized carbons (Fsp3) is 0.533. The number of nitrogens with one attached hydrogen (secondary N) is 1. The van der Waals surface area contributed by atoms with Crippen LogP contribution in [0.25, 0.3) is 6.08 Å². The molecule has 0 saturated heterocycles. The Morgan fingerprint density at radius 1 is 1.43 bits per heavy atom. The number of rotatable bonds is 5. The van der Waals surface area contributed by atoms with Crippen LogP contribution in [0.5, 0.6) is 0 Å². The van der Waals surface area contributed by atoms with Crippen LogP contribution in [0.1, 0.15) is 36.7 Å². The van der Waals surface area contributed by atoms with Crippen LogP contribution in [0.2, 0.25) is 0 Å². The quantitative estimate of drug-likeness (QED) is 0.804. The molecule has 1 aliphatic carbocycles. The molecule has 2 rings (SSSR count). The van der Waals surface area contributed by atoms with Crippen LogP contribution in [0.15, 0.2) is 6.08 Å². The maximum atomic E-state index is 12.0. The van der Waals surface area contributed by atoms with Gasteiger partial charge in [-0.1, -0.05) is 0 Å². The van der Waals surface area contributed by atoms with Crippen molar-refractivity contribution in [1.82, 2.24) is 15.1 Å². The van der Waals surface area contributed by atoms with Gasteiger partial charge in [-0.05, 0) is 45.6 Å². The minimum atomic E-state index is -1.18. The van der Waals surface area contributed by atoms with Crippen molar-refractivity contribution in [3.63, 3.8) is 0 Å². The van der Waals surface area contributed by atoms with Crippen molar-refractivity contribution in [2.24, 2.45) is 13.0 Å². The van der Waals surface area contributed by atoms with Gasteiger partial charge in [0.2, 0.25) is 5.91 Å². The zero-order valence-electron chi connectivity index (χ0n) is 12.8. The van der Waals surface area contributed by atoms with Gasteiger partial charge in [0, 0.05) is 24.4 Å². The predicted molar refractivity (Wildman–Crippen MR) is 78.6 cm³/mol. The van der Waals surface area contributed by atoms with Gasteiger partial charge in [-0.15, -0.1) is 0 Å². The summed E-state index contributed by atoms with van der Waals surface area (Å²) in [5.74, 6) is -1.36. The molecular formula is C15H21N3O3. The van der Waals surface area contributed by atoms with Crippen LogP contribution in [-0.2, 0) is 16.6 Å². The van der Waals surface area contributed by atoms with Crippen molar-refractivity contribution in [3.05, 3.63) is 23.0 Å². The van der Waals surface area contributed by atoms with Gasteiger partial charge in [-0.2, -0.15) is 5.10 Å². The Morgan fingerprint density at radius 3 is 2.48 bits per heavy atom. The number of aliphatic carboxylic acids is 1. The van der Waals surface area contributed by atoms with Gasteiger partial charge >= 0.3 is 5.97 Å². The number of hydrogen-bond acceptors (Lipinski definition) is 3. The number of hydrogen-bond donors (Lipinski definition) is 2. The van der Waals surface area contributed by atoms with Crippen molar-refractivity contribution < 1.29 is 14.7 Å². The number of aromatic nitrogens is 2. The molecule has 0 aromatic carbocycles. The van der Waals surface area contributed by atoms with E-state index in [2.05, 4.69) is 10.4 Å². The Bertz CT molecular complexity index is 614. The second-order valence-electron chi connectivity index (χ2n) is 5.81. The summed E-state index contributed by atoms with van der Waals surface area (Å²) < 4.78 is 1.75. The summed E-state index contributed by atoms with van der Waals surface area (Å²) in [5.41, 5.74) is 1.50. The average Bonchev–Trinajstić information content (AvgIpc) is 3.19. The molecule has 0 spiro atoms. The van der Waals surface area contributed by atoms with Crippen LogP contribution in [0.4, 0.5) is 0 Å². The molecule has 1 aromatic heterocycles. The van der Waals surface area contributed by atoms with Crippen molar-refractivity contribution in [1.29, 1.82) is 0 Å². The molecule has 1 unspecified atom stereocenters. The van der Waals surface area contributed by atoms with E-state index in [1.807, 2.05) is 20.9 Å². The number of carbonyl (C=O) groups excluding carboxylic acids is 1. The minimum Gasteiger partial charge on any atom is -0.480 e. The lowest BCUT2D eigenvalue weighted by Crippen LogP contribution is -2.53. The molecule has 114 valence electrons. The third kappa shape index (κ3) is 2.99. The standard InChI is InChI=1S/C15H21N3O3/c1-9-12(10(2)18(4)17-9)7-8-13(19)16-15(3,14(20)21)11-5-6-11/h7-8,11H,5-6H2,1-4H3,(H,16,19)(H,20,21)/b8-7+. The lowest BCUT2D eigenvalue weighted by molar-refractivity contribution is -0.147. The summed E-state index contributed by atoms with van der Waals surface area (Å²) >= 11 is 0. The lowest BCUT2D eigenvalue weighted by Gasteiger charge is -2.25. The maximum Gasteiger partial charge on any atom is 0.329 e. The number of carboxylic acid groups (broad SMARTS) is 1. The van der Waals surface area contributed by atoms with E-state index in [0.717, 1.165) is 29.8 Å². The highest BCUT2D eigenvalue weighted by atomic mass is 16.4. The first-order valence-electron chi connectivity index (χ1n) is 6.99. The van der Waals surface area contributed by atoms with Crippen molar-refractivity contribution >= 4 is 18.0 Å². The van der Waals surface area contributed by atoms with Crippen LogP contribution in [0, 0.1) is 19.8 Å². The minimum absolute atomic E-state index is 0.0224. The molecule has 1 aliphatic rings. The SMILES string of the molecule is Cc1nn(C)c(C)c1/C=C/C(=O)NC(C)(C(=O)O)C1CC1. The monoisotopic (exact) mass is 291 g/mol. The lowest BCUT2D eigenvalue weighted by atomic mass is 9.96. The Labute approximate surface area is 123 Å². The van der Waals surface area contributed by atoms with Gasteiger partial charge in [0.05, 0.1) is 5.69 Å². The summed E-state index contributed by atoms with van der Waals surface area (Å²) in [4.78, 5) is 23.4. The fourth-order valence-electron chi connectivity index (χ4n) is 2.48. The van der Waals surface area contributed by atoms with Gasteiger partial charge in [0.1, 0.15) is 5.54 Å². The summed E-state index contributed by atoms with van der Waals surface area (Å²) in [6, 6.07) is 0. The molecule has 6 heteroatoms. The van der Waals surface area contributed by atoms with Gasteiger partial charge in [0.25, 0.3) is 0 Å². The number of aryl methyl sites for hydroxylation is 2. The van der Waals surface area contributed by atoms with Gasteiger partial charge < -0.3 is 10.4 Å². The third-order valence-corrected chi connectivity index (χ3v) is 4.19. The molecule has 21 heavy (non-hydrogen) atoms. The first-order chi connectivity index (χ1) is 9.75. The summed E-state index contributed by atoms with van der Waals surface area (Å²) in [6.45, 7) is 5.36. The summed E-state index contributed by atoms with van der Waals surface area (Å²) in [5, 5.41) is 16.2. The zero-order chi connectivity index (χ0) is 15.8. The van der Waals surface area contributed by atoms with Crippen molar-refractivity contribution in [2.45, 2.75) is 39.2 Å². The van der Waals surface area contributed by atoms with Crippen LogP contribution in [-0.4, -0.2) is 32.3 Å². The zero-order valence-corrected chi connectivity index (χ0v) is 12.8. The summed E-state index contributed by atoms with van der Waals surface area (Å²) in [7, 11) is 1.84. The van der Waals surface area contributed by atoms with Crippen molar-refractivity contribution in [2.75, 3.05) is 0 Å². The maximum absolute atomic E-state index is 12.0. The molecule has 1 heterocycles. The molecule has 0 radical (unpaired) electrons. The topological polar surface area (TPSA) is 84.2 Å².